The number of aromatic nitrogens is 2. The third kappa shape index (κ3) is 2.71. The minimum Gasteiger partial charge on any atom is -0.393 e. The highest BCUT2D eigenvalue weighted by atomic mass is 32.1. The number of aliphatic hydroxyl groups excluding tert-OH is 1. The number of rotatable bonds is 3. The van der Waals surface area contributed by atoms with Crippen LogP contribution in [0.1, 0.15) is 52.7 Å². The summed E-state index contributed by atoms with van der Waals surface area (Å²) in [5.74, 6) is 0.355. The maximum Gasteiger partial charge on any atom is 0.223 e. The van der Waals surface area contributed by atoms with Crippen LogP contribution < -0.4 is 0 Å². The number of carbonyl (C=O) groups excluding carboxylic acids is 1. The number of thiazole rings is 1. The molecular weight excluding hydrogens is 308 g/mol. The van der Waals surface area contributed by atoms with Gasteiger partial charge in [0.1, 0.15) is 0 Å². The molecule has 5 heteroatoms. The zero-order chi connectivity index (χ0) is 15.8. The van der Waals surface area contributed by atoms with E-state index in [1.165, 1.54) is 11.3 Å². The van der Waals surface area contributed by atoms with Crippen LogP contribution in [0.5, 0.6) is 0 Å². The van der Waals surface area contributed by atoms with Gasteiger partial charge in [-0.1, -0.05) is 18.2 Å². The Morgan fingerprint density at radius 3 is 2.83 bits per heavy atom. The van der Waals surface area contributed by atoms with Gasteiger partial charge in [0.05, 0.1) is 17.4 Å². The zero-order valence-corrected chi connectivity index (χ0v) is 13.5. The monoisotopic (exact) mass is 326 g/mol. The average Bonchev–Trinajstić information content (AvgIpc) is 3.22. The highest BCUT2D eigenvalue weighted by Crippen LogP contribution is 2.34. The van der Waals surface area contributed by atoms with Crippen molar-refractivity contribution in [3.8, 4) is 0 Å². The minimum absolute atomic E-state index is 0.0189. The lowest BCUT2D eigenvalue weighted by Gasteiger charge is -2.23. The molecule has 1 aromatic carbocycles. The molecule has 0 radical (unpaired) electrons. The van der Waals surface area contributed by atoms with Gasteiger partial charge >= 0.3 is 0 Å². The Kier molecular flexibility index (Phi) is 3.75. The number of benzene rings is 1. The van der Waals surface area contributed by atoms with Crippen LogP contribution in [-0.4, -0.2) is 27.0 Å². The zero-order valence-electron chi connectivity index (χ0n) is 12.7. The number of hydrogen-bond donors (Lipinski definition) is 2. The number of ketones is 1. The number of nitrogens with one attached hydrogen (secondary N) is 1. The molecule has 4 rings (SSSR count). The van der Waals surface area contributed by atoms with Crippen LogP contribution in [-0.2, 0) is 0 Å². The van der Waals surface area contributed by atoms with Crippen LogP contribution in [0.3, 0.4) is 0 Å². The van der Waals surface area contributed by atoms with Crippen LogP contribution >= 0.6 is 11.3 Å². The Bertz CT molecular complexity index is 843. The van der Waals surface area contributed by atoms with Gasteiger partial charge in [-0.2, -0.15) is 0 Å². The number of aromatic amines is 1. The lowest BCUT2D eigenvalue weighted by molar-refractivity contribution is 0.103. The molecule has 0 aliphatic heterocycles. The van der Waals surface area contributed by atoms with E-state index in [4.69, 9.17) is 0 Å². The second-order valence-corrected chi connectivity index (χ2v) is 7.02. The summed E-state index contributed by atoms with van der Waals surface area (Å²) in [5, 5.41) is 13.1. The summed E-state index contributed by atoms with van der Waals surface area (Å²) in [4.78, 5) is 20.5. The van der Waals surface area contributed by atoms with E-state index >= 15 is 0 Å². The largest absolute Gasteiger partial charge is 0.393 e. The van der Waals surface area contributed by atoms with E-state index in [1.54, 1.807) is 6.20 Å². The lowest BCUT2D eigenvalue weighted by atomic mass is 9.86. The van der Waals surface area contributed by atoms with Gasteiger partial charge in [-0.25, -0.2) is 4.98 Å². The smallest absolute Gasteiger partial charge is 0.223 e. The highest BCUT2D eigenvalue weighted by Gasteiger charge is 2.24. The molecule has 4 nitrogen and oxygen atoms in total. The maximum absolute atomic E-state index is 12.8. The number of H-pyrrole nitrogens is 1. The molecule has 0 spiro atoms. The van der Waals surface area contributed by atoms with E-state index in [0.29, 0.717) is 16.5 Å². The first-order chi connectivity index (χ1) is 11.2. The van der Waals surface area contributed by atoms with Crippen molar-refractivity contribution < 1.29 is 9.90 Å². The van der Waals surface area contributed by atoms with Crippen molar-refractivity contribution in [2.45, 2.75) is 37.7 Å². The van der Waals surface area contributed by atoms with Crippen molar-refractivity contribution in [1.29, 1.82) is 0 Å². The van der Waals surface area contributed by atoms with E-state index in [9.17, 15) is 9.90 Å². The van der Waals surface area contributed by atoms with Gasteiger partial charge in [-0.3, -0.25) is 4.79 Å². The Hall–Kier alpha value is -1.98. The molecule has 2 aromatic heterocycles. The highest BCUT2D eigenvalue weighted by molar-refractivity contribution is 7.12. The van der Waals surface area contributed by atoms with Crippen molar-refractivity contribution in [2.75, 3.05) is 0 Å². The molecule has 0 unspecified atom stereocenters. The maximum atomic E-state index is 12.8. The second-order valence-electron chi connectivity index (χ2n) is 6.16. The summed E-state index contributed by atoms with van der Waals surface area (Å²) in [6, 6.07) is 7.81. The van der Waals surface area contributed by atoms with E-state index < -0.39 is 0 Å². The molecule has 0 bridgehead atoms. The lowest BCUT2D eigenvalue weighted by Crippen LogP contribution is -2.17. The van der Waals surface area contributed by atoms with Crippen LogP contribution in [0.15, 0.2) is 35.8 Å². The molecule has 0 atom stereocenters. The molecule has 1 aliphatic rings. The summed E-state index contributed by atoms with van der Waals surface area (Å²) in [6.45, 7) is 0. The number of fused-ring (bicyclic) bond motifs is 1. The third-order valence-corrected chi connectivity index (χ3v) is 5.52. The molecule has 23 heavy (non-hydrogen) atoms. The number of para-hydroxylation sites is 1. The Morgan fingerprint density at radius 1 is 1.22 bits per heavy atom. The predicted octanol–water partition coefficient (Wildman–Crippen LogP) is 3.87. The van der Waals surface area contributed by atoms with E-state index in [1.807, 2.05) is 29.6 Å². The van der Waals surface area contributed by atoms with Gasteiger partial charge in [-0.05, 0) is 31.7 Å². The van der Waals surface area contributed by atoms with Gasteiger partial charge in [0.15, 0.2) is 5.01 Å². The third-order valence-electron chi connectivity index (χ3n) is 4.67. The standard InChI is InChI=1S/C18H18N2O2S/c21-12-7-5-11(6-8-12)16-10-23-18(20-16)17(22)14-9-19-15-4-2-1-3-13(14)15/h1-4,9-12,19,21H,5-8H2. The van der Waals surface area contributed by atoms with Gasteiger partial charge in [0, 0.05) is 28.4 Å². The number of nitrogens with zero attached hydrogens (tertiary/aromatic N) is 1. The topological polar surface area (TPSA) is 66.0 Å². The fourth-order valence-electron chi connectivity index (χ4n) is 3.32. The number of hydrogen-bond acceptors (Lipinski definition) is 4. The molecule has 0 amide bonds. The predicted molar refractivity (Wildman–Crippen MR) is 91.1 cm³/mol. The fraction of sp³-hybridized carbons (Fsp3) is 0.333. The molecule has 2 N–H and O–H groups in total. The summed E-state index contributed by atoms with van der Waals surface area (Å²) < 4.78 is 0. The summed E-state index contributed by atoms with van der Waals surface area (Å²) in [7, 11) is 0. The number of carbonyl (C=O) groups is 1. The first-order valence-electron chi connectivity index (χ1n) is 7.96. The summed E-state index contributed by atoms with van der Waals surface area (Å²) in [6.07, 6.45) is 5.15. The van der Waals surface area contributed by atoms with Gasteiger partial charge in [0.25, 0.3) is 0 Å². The minimum atomic E-state index is -0.169. The van der Waals surface area contributed by atoms with Gasteiger partial charge < -0.3 is 10.1 Å². The van der Waals surface area contributed by atoms with Crippen molar-refractivity contribution in [3.05, 3.63) is 52.1 Å². The van der Waals surface area contributed by atoms with Crippen molar-refractivity contribution in [2.24, 2.45) is 0 Å². The normalized spacial score (nSPS) is 21.6. The first kappa shape index (κ1) is 14.6. The molecule has 3 aromatic rings. The first-order valence-corrected chi connectivity index (χ1v) is 8.84. The Labute approximate surface area is 138 Å². The van der Waals surface area contributed by atoms with Gasteiger partial charge in [0.2, 0.25) is 5.78 Å². The van der Waals surface area contributed by atoms with Crippen LogP contribution in [0.2, 0.25) is 0 Å². The van der Waals surface area contributed by atoms with Crippen LogP contribution in [0, 0.1) is 0 Å². The van der Waals surface area contributed by atoms with Crippen molar-refractivity contribution in [1.82, 2.24) is 9.97 Å². The molecule has 1 saturated carbocycles. The van der Waals surface area contributed by atoms with E-state index in [-0.39, 0.29) is 11.9 Å². The number of aliphatic hydroxyl groups is 1. The second kappa shape index (κ2) is 5.91. The Morgan fingerprint density at radius 2 is 2.00 bits per heavy atom. The van der Waals surface area contributed by atoms with E-state index in [0.717, 1.165) is 42.3 Å². The van der Waals surface area contributed by atoms with Crippen LogP contribution in [0.4, 0.5) is 0 Å². The molecule has 1 aliphatic carbocycles. The molecule has 1 fully saturated rings. The SMILES string of the molecule is O=C(c1nc(C2CCC(O)CC2)cs1)c1c[nH]c2ccccc12. The molecule has 0 saturated heterocycles. The summed E-state index contributed by atoms with van der Waals surface area (Å²) in [5.41, 5.74) is 2.65. The molecular formula is C18H18N2O2S. The van der Waals surface area contributed by atoms with Crippen molar-refractivity contribution >= 4 is 28.0 Å². The Balaban J connectivity index is 1.60. The quantitative estimate of drug-likeness (QED) is 0.718. The molecule has 118 valence electrons. The van der Waals surface area contributed by atoms with Crippen molar-refractivity contribution in [3.63, 3.8) is 0 Å². The molecule has 2 heterocycles. The fourth-order valence-corrected chi connectivity index (χ4v) is 4.18. The van der Waals surface area contributed by atoms with E-state index in [2.05, 4.69) is 9.97 Å². The average molecular weight is 326 g/mol. The van der Waals surface area contributed by atoms with Gasteiger partial charge in [-0.15, -0.1) is 11.3 Å². The van der Waals surface area contributed by atoms with Crippen LogP contribution in [0.25, 0.3) is 10.9 Å². The summed E-state index contributed by atoms with van der Waals surface area (Å²) >= 11 is 1.42.